The van der Waals surface area contributed by atoms with Gasteiger partial charge >= 0.3 is 6.09 Å². The van der Waals surface area contributed by atoms with E-state index in [1.807, 2.05) is 35.2 Å². The van der Waals surface area contributed by atoms with Crippen molar-refractivity contribution in [3.05, 3.63) is 35.9 Å². The normalized spacial score (nSPS) is 20.8. The molecule has 1 aromatic carbocycles. The first kappa shape index (κ1) is 11.6. The smallest absolute Gasteiger partial charge is 0.410 e. The molecular weight excluding hydrogens is 226 g/mol. The van der Waals surface area contributed by atoms with Crippen LogP contribution in [0.15, 0.2) is 30.3 Å². The monoisotopic (exact) mass is 245 g/mol. The van der Waals surface area contributed by atoms with Gasteiger partial charge in [0.1, 0.15) is 6.61 Å². The second-order valence-corrected chi connectivity index (χ2v) is 5.53. The Kier molecular flexibility index (Phi) is 2.98. The van der Waals surface area contributed by atoms with Crippen molar-refractivity contribution < 1.29 is 9.53 Å². The highest BCUT2D eigenvalue weighted by Gasteiger charge is 2.45. The molecule has 1 aromatic rings. The van der Waals surface area contributed by atoms with Gasteiger partial charge in [-0.2, -0.15) is 0 Å². The van der Waals surface area contributed by atoms with Gasteiger partial charge in [-0.05, 0) is 36.7 Å². The number of likely N-dealkylation sites (tertiary alicyclic amines) is 1. The van der Waals surface area contributed by atoms with Crippen LogP contribution in [0.4, 0.5) is 4.79 Å². The van der Waals surface area contributed by atoms with Gasteiger partial charge in [-0.1, -0.05) is 30.3 Å². The predicted molar refractivity (Wildman–Crippen MR) is 69.1 cm³/mol. The Labute approximate surface area is 108 Å². The highest BCUT2D eigenvalue weighted by Crippen LogP contribution is 2.53. The third kappa shape index (κ3) is 2.50. The summed E-state index contributed by atoms with van der Waals surface area (Å²) in [4.78, 5) is 13.8. The third-order valence-electron chi connectivity index (χ3n) is 4.24. The molecule has 0 bridgehead atoms. The molecule has 1 heterocycles. The van der Waals surface area contributed by atoms with Gasteiger partial charge in [0.15, 0.2) is 0 Å². The van der Waals surface area contributed by atoms with Crippen molar-refractivity contribution in [2.75, 3.05) is 13.1 Å². The molecule has 1 aliphatic heterocycles. The summed E-state index contributed by atoms with van der Waals surface area (Å²) in [6, 6.07) is 9.83. The second-order valence-electron chi connectivity index (χ2n) is 5.53. The minimum Gasteiger partial charge on any atom is -0.445 e. The van der Waals surface area contributed by atoms with Crippen LogP contribution in [-0.2, 0) is 11.3 Å². The Morgan fingerprint density at radius 1 is 1.11 bits per heavy atom. The molecule has 0 radical (unpaired) electrons. The number of hydrogen-bond donors (Lipinski definition) is 0. The van der Waals surface area contributed by atoms with E-state index >= 15 is 0 Å². The van der Waals surface area contributed by atoms with Crippen LogP contribution >= 0.6 is 0 Å². The first-order valence-corrected chi connectivity index (χ1v) is 6.73. The van der Waals surface area contributed by atoms with Crippen LogP contribution in [0.5, 0.6) is 0 Å². The molecule has 0 atom stereocenters. The topological polar surface area (TPSA) is 29.5 Å². The molecule has 1 aliphatic carbocycles. The van der Waals surface area contributed by atoms with Crippen molar-refractivity contribution in [1.29, 1.82) is 0 Å². The molecule has 3 heteroatoms. The van der Waals surface area contributed by atoms with Crippen LogP contribution in [0.1, 0.15) is 31.2 Å². The van der Waals surface area contributed by atoms with Crippen molar-refractivity contribution in [2.45, 2.75) is 32.3 Å². The van der Waals surface area contributed by atoms with Crippen LogP contribution in [-0.4, -0.2) is 24.1 Å². The summed E-state index contributed by atoms with van der Waals surface area (Å²) in [6.07, 6.45) is 4.88. The van der Waals surface area contributed by atoms with Crippen LogP contribution in [0, 0.1) is 5.41 Å². The number of ether oxygens (including phenoxy) is 1. The number of hydrogen-bond acceptors (Lipinski definition) is 2. The molecule has 2 fully saturated rings. The van der Waals surface area contributed by atoms with Gasteiger partial charge in [0.2, 0.25) is 0 Å². The zero-order valence-corrected chi connectivity index (χ0v) is 10.6. The van der Waals surface area contributed by atoms with Gasteiger partial charge in [0.05, 0.1) is 0 Å². The fourth-order valence-electron chi connectivity index (χ4n) is 2.65. The molecule has 0 aromatic heterocycles. The molecule has 2 aliphatic rings. The second kappa shape index (κ2) is 4.63. The van der Waals surface area contributed by atoms with Crippen molar-refractivity contribution in [1.82, 2.24) is 4.90 Å². The number of piperidine rings is 1. The minimum absolute atomic E-state index is 0.158. The van der Waals surface area contributed by atoms with Crippen molar-refractivity contribution in [2.24, 2.45) is 5.41 Å². The molecule has 18 heavy (non-hydrogen) atoms. The van der Waals surface area contributed by atoms with E-state index in [0.717, 1.165) is 31.5 Å². The van der Waals surface area contributed by atoms with Gasteiger partial charge in [0, 0.05) is 13.1 Å². The maximum atomic E-state index is 11.9. The third-order valence-corrected chi connectivity index (χ3v) is 4.24. The van der Waals surface area contributed by atoms with Crippen molar-refractivity contribution in [3.8, 4) is 0 Å². The lowest BCUT2D eigenvalue weighted by Gasteiger charge is -2.31. The van der Waals surface area contributed by atoms with E-state index in [1.165, 1.54) is 12.8 Å². The quantitative estimate of drug-likeness (QED) is 0.800. The number of amides is 1. The average molecular weight is 245 g/mol. The summed E-state index contributed by atoms with van der Waals surface area (Å²) in [5.74, 6) is 0. The molecule has 0 unspecified atom stereocenters. The molecule has 3 rings (SSSR count). The standard InChI is InChI=1S/C15H19NO2/c17-14(18-12-13-4-2-1-3-5-13)16-10-8-15(6-7-15)9-11-16/h1-5H,6-12H2. The van der Waals surface area contributed by atoms with Gasteiger partial charge in [-0.25, -0.2) is 4.79 Å². The Bertz CT molecular complexity index is 415. The number of benzene rings is 1. The first-order chi connectivity index (χ1) is 8.77. The average Bonchev–Trinajstić information content (AvgIpc) is 3.17. The summed E-state index contributed by atoms with van der Waals surface area (Å²) in [5.41, 5.74) is 1.65. The maximum Gasteiger partial charge on any atom is 0.410 e. The highest BCUT2D eigenvalue weighted by atomic mass is 16.6. The van der Waals surface area contributed by atoms with E-state index < -0.39 is 0 Å². The van der Waals surface area contributed by atoms with Crippen LogP contribution in [0.3, 0.4) is 0 Å². The highest BCUT2D eigenvalue weighted by molar-refractivity contribution is 5.67. The van der Waals surface area contributed by atoms with E-state index in [-0.39, 0.29) is 6.09 Å². The van der Waals surface area contributed by atoms with Crippen LogP contribution in [0.2, 0.25) is 0 Å². The maximum absolute atomic E-state index is 11.9. The number of carbonyl (C=O) groups excluding carboxylic acids is 1. The van der Waals surface area contributed by atoms with Gasteiger partial charge in [0.25, 0.3) is 0 Å². The number of nitrogens with zero attached hydrogens (tertiary/aromatic N) is 1. The van der Waals surface area contributed by atoms with E-state index in [0.29, 0.717) is 12.0 Å². The molecular formula is C15H19NO2. The Balaban J connectivity index is 1.47. The molecule has 1 saturated heterocycles. The lowest BCUT2D eigenvalue weighted by Crippen LogP contribution is -2.39. The van der Waals surface area contributed by atoms with Gasteiger partial charge < -0.3 is 9.64 Å². The minimum atomic E-state index is -0.158. The number of carbonyl (C=O) groups is 1. The molecule has 1 spiro atoms. The zero-order chi connectivity index (χ0) is 12.4. The summed E-state index contributed by atoms with van der Waals surface area (Å²) >= 11 is 0. The largest absolute Gasteiger partial charge is 0.445 e. The molecule has 3 nitrogen and oxygen atoms in total. The van der Waals surface area contributed by atoms with Crippen LogP contribution < -0.4 is 0 Å². The Morgan fingerprint density at radius 2 is 1.78 bits per heavy atom. The van der Waals surface area contributed by atoms with Crippen LogP contribution in [0.25, 0.3) is 0 Å². The predicted octanol–water partition coefficient (Wildman–Crippen LogP) is 3.20. The summed E-state index contributed by atoms with van der Waals surface area (Å²) in [6.45, 7) is 2.11. The van der Waals surface area contributed by atoms with E-state index in [1.54, 1.807) is 0 Å². The fourth-order valence-corrected chi connectivity index (χ4v) is 2.65. The molecule has 1 saturated carbocycles. The van der Waals surface area contributed by atoms with Gasteiger partial charge in [-0.15, -0.1) is 0 Å². The Hall–Kier alpha value is -1.51. The lowest BCUT2D eigenvalue weighted by atomic mass is 9.94. The van der Waals surface area contributed by atoms with Gasteiger partial charge in [-0.3, -0.25) is 0 Å². The van der Waals surface area contributed by atoms with Crippen molar-refractivity contribution in [3.63, 3.8) is 0 Å². The van der Waals surface area contributed by atoms with Crippen molar-refractivity contribution >= 4 is 6.09 Å². The molecule has 96 valence electrons. The Morgan fingerprint density at radius 3 is 2.39 bits per heavy atom. The van der Waals surface area contributed by atoms with E-state index in [4.69, 9.17) is 4.74 Å². The van der Waals surface area contributed by atoms with E-state index in [2.05, 4.69) is 0 Å². The summed E-state index contributed by atoms with van der Waals surface area (Å²) in [7, 11) is 0. The van der Waals surface area contributed by atoms with E-state index in [9.17, 15) is 4.79 Å². The fraction of sp³-hybridized carbons (Fsp3) is 0.533. The summed E-state index contributed by atoms with van der Waals surface area (Å²) < 4.78 is 5.34. The summed E-state index contributed by atoms with van der Waals surface area (Å²) in [5, 5.41) is 0. The number of rotatable bonds is 2. The molecule has 0 N–H and O–H groups in total. The zero-order valence-electron chi connectivity index (χ0n) is 10.6. The first-order valence-electron chi connectivity index (χ1n) is 6.73. The lowest BCUT2D eigenvalue weighted by molar-refractivity contribution is 0.0799. The molecule has 1 amide bonds. The SMILES string of the molecule is O=C(OCc1ccccc1)N1CCC2(CC1)CC2.